The third-order valence-corrected chi connectivity index (χ3v) is 4.66. The monoisotopic (exact) mass is 364 g/mol. The van der Waals surface area contributed by atoms with Crippen LogP contribution in [0.2, 0.25) is 0 Å². The van der Waals surface area contributed by atoms with E-state index >= 15 is 0 Å². The van der Waals surface area contributed by atoms with Gasteiger partial charge in [0.25, 0.3) is 0 Å². The predicted octanol–water partition coefficient (Wildman–Crippen LogP) is 3.00. The van der Waals surface area contributed by atoms with E-state index in [1.807, 2.05) is 14.1 Å². The van der Waals surface area contributed by atoms with Gasteiger partial charge in [-0.15, -0.1) is 5.92 Å². The van der Waals surface area contributed by atoms with Crippen molar-refractivity contribution in [3.05, 3.63) is 22.7 Å². The highest BCUT2D eigenvalue weighted by atomic mass is 79.9. The van der Waals surface area contributed by atoms with Crippen LogP contribution in [0.3, 0.4) is 0 Å². The number of rotatable bonds is 4. The molecule has 1 unspecified atom stereocenters. The fourth-order valence-electron chi connectivity index (χ4n) is 2.89. The molecular weight excluding hydrogens is 340 g/mol. The predicted molar refractivity (Wildman–Crippen MR) is 93.1 cm³/mol. The van der Waals surface area contributed by atoms with Gasteiger partial charge in [-0.2, -0.15) is 0 Å². The number of halogens is 1. The Balaban J connectivity index is 1.78. The molecule has 1 aliphatic rings. The van der Waals surface area contributed by atoms with Gasteiger partial charge in [0, 0.05) is 18.8 Å². The Morgan fingerprint density at radius 2 is 1.86 bits per heavy atom. The summed E-state index contributed by atoms with van der Waals surface area (Å²) in [6.45, 7) is 0.848. The Morgan fingerprint density at radius 3 is 2.45 bits per heavy atom. The molecule has 0 radical (unpaired) electrons. The molecule has 1 heterocycles. The van der Waals surface area contributed by atoms with Gasteiger partial charge in [-0.25, -0.2) is 9.97 Å². The Morgan fingerprint density at radius 1 is 1.23 bits per heavy atom. The van der Waals surface area contributed by atoms with E-state index in [1.165, 1.54) is 12.8 Å². The van der Waals surface area contributed by atoms with E-state index in [4.69, 9.17) is 5.73 Å². The molecule has 22 heavy (non-hydrogen) atoms. The molecule has 1 fully saturated rings. The maximum absolute atomic E-state index is 6.35. The van der Waals surface area contributed by atoms with Gasteiger partial charge in [0.15, 0.2) is 0 Å². The van der Waals surface area contributed by atoms with Crippen molar-refractivity contribution in [2.24, 2.45) is 17.6 Å². The summed E-state index contributed by atoms with van der Waals surface area (Å²) in [6.07, 6.45) is 9.30. The highest BCUT2D eigenvalue weighted by molar-refractivity contribution is 9.10. The van der Waals surface area contributed by atoms with Gasteiger partial charge in [0.2, 0.25) is 0 Å². The fraction of sp³-hybridized carbons (Fsp3) is 0.647. The molecule has 1 aromatic rings. The second kappa shape index (κ2) is 8.61. The van der Waals surface area contributed by atoms with Crippen molar-refractivity contribution in [3.8, 4) is 11.8 Å². The van der Waals surface area contributed by atoms with Gasteiger partial charge in [0.1, 0.15) is 5.82 Å². The summed E-state index contributed by atoms with van der Waals surface area (Å²) in [5.74, 6) is 8.52. The van der Waals surface area contributed by atoms with Crippen molar-refractivity contribution >= 4 is 15.9 Å². The lowest BCUT2D eigenvalue weighted by Crippen LogP contribution is -2.27. The summed E-state index contributed by atoms with van der Waals surface area (Å²) in [6, 6.07) is -0.0473. The largest absolute Gasteiger partial charge is 0.321 e. The second-order valence-corrected chi connectivity index (χ2v) is 7.28. The van der Waals surface area contributed by atoms with Crippen molar-refractivity contribution in [3.63, 3.8) is 0 Å². The minimum absolute atomic E-state index is 0.0473. The summed E-state index contributed by atoms with van der Waals surface area (Å²) >= 11 is 3.36. The molecule has 0 aromatic carbocycles. The third kappa shape index (κ3) is 5.35. The van der Waals surface area contributed by atoms with Crippen LogP contribution in [0, 0.1) is 23.7 Å². The summed E-state index contributed by atoms with van der Waals surface area (Å²) in [4.78, 5) is 10.8. The van der Waals surface area contributed by atoms with E-state index in [-0.39, 0.29) is 6.04 Å². The number of aromatic nitrogens is 2. The van der Waals surface area contributed by atoms with Crippen LogP contribution in [-0.4, -0.2) is 35.5 Å². The first-order valence-corrected chi connectivity index (χ1v) is 8.69. The van der Waals surface area contributed by atoms with E-state index in [9.17, 15) is 0 Å². The number of nitrogens with two attached hydrogens (primary N) is 1. The molecule has 1 atom stereocenters. The molecule has 5 heteroatoms. The Labute approximate surface area is 142 Å². The quantitative estimate of drug-likeness (QED) is 0.834. The number of hydrogen-bond acceptors (Lipinski definition) is 4. The van der Waals surface area contributed by atoms with Crippen LogP contribution in [0.5, 0.6) is 0 Å². The van der Waals surface area contributed by atoms with Crippen molar-refractivity contribution in [1.82, 2.24) is 14.9 Å². The average Bonchev–Trinajstić information content (AvgIpc) is 2.52. The molecule has 2 rings (SSSR count). The standard InChI is InChI=1S/C17H25BrN4/c1-22(2)10-4-3-5-13-6-8-14(9-7-13)16(19)17-20-11-15(18)12-21-17/h11-14,16H,5-10,19H2,1-2H3. The zero-order valence-corrected chi connectivity index (χ0v) is 15.0. The molecule has 2 N–H and O–H groups in total. The van der Waals surface area contributed by atoms with Crippen LogP contribution in [0.25, 0.3) is 0 Å². The van der Waals surface area contributed by atoms with Gasteiger partial charge < -0.3 is 5.73 Å². The van der Waals surface area contributed by atoms with Crippen LogP contribution >= 0.6 is 15.9 Å². The lowest BCUT2D eigenvalue weighted by Gasteiger charge is -2.30. The van der Waals surface area contributed by atoms with Crippen LogP contribution in [0.4, 0.5) is 0 Å². The van der Waals surface area contributed by atoms with E-state index in [0.717, 1.165) is 42.0 Å². The van der Waals surface area contributed by atoms with Gasteiger partial charge in [0.05, 0.1) is 17.1 Å². The summed E-state index contributed by atoms with van der Waals surface area (Å²) in [5, 5.41) is 0. The summed E-state index contributed by atoms with van der Waals surface area (Å²) < 4.78 is 0.892. The number of hydrogen-bond donors (Lipinski definition) is 1. The van der Waals surface area contributed by atoms with E-state index in [1.54, 1.807) is 12.4 Å². The molecule has 0 spiro atoms. The zero-order valence-electron chi connectivity index (χ0n) is 13.4. The zero-order chi connectivity index (χ0) is 15.9. The topological polar surface area (TPSA) is 55.0 Å². The smallest absolute Gasteiger partial charge is 0.145 e. The molecule has 0 saturated heterocycles. The minimum Gasteiger partial charge on any atom is -0.321 e. The molecule has 0 amide bonds. The summed E-state index contributed by atoms with van der Waals surface area (Å²) in [7, 11) is 4.09. The number of nitrogens with zero attached hydrogens (tertiary/aromatic N) is 3. The minimum atomic E-state index is -0.0473. The Hall–Kier alpha value is -0.960. The van der Waals surface area contributed by atoms with Crippen molar-refractivity contribution in [2.45, 2.75) is 38.1 Å². The van der Waals surface area contributed by atoms with Crippen LogP contribution < -0.4 is 5.73 Å². The molecule has 1 aromatic heterocycles. The van der Waals surface area contributed by atoms with Crippen molar-refractivity contribution in [2.75, 3.05) is 20.6 Å². The molecule has 0 bridgehead atoms. The van der Waals surface area contributed by atoms with Crippen LogP contribution in [0.15, 0.2) is 16.9 Å². The molecule has 0 aliphatic heterocycles. The van der Waals surface area contributed by atoms with Crippen molar-refractivity contribution in [1.29, 1.82) is 0 Å². The SMILES string of the molecule is CN(C)CC#CCC1CCC(C(N)c2ncc(Br)cn2)CC1. The lowest BCUT2D eigenvalue weighted by molar-refractivity contribution is 0.242. The van der Waals surface area contributed by atoms with E-state index in [0.29, 0.717) is 5.92 Å². The third-order valence-electron chi connectivity index (χ3n) is 4.25. The first-order chi connectivity index (χ1) is 10.6. The fourth-order valence-corrected chi connectivity index (χ4v) is 3.09. The van der Waals surface area contributed by atoms with Crippen LogP contribution in [0.1, 0.15) is 44.0 Å². The van der Waals surface area contributed by atoms with Gasteiger partial charge in [-0.05, 0) is 67.5 Å². The van der Waals surface area contributed by atoms with Crippen LogP contribution in [-0.2, 0) is 0 Å². The molecular formula is C17H25BrN4. The highest BCUT2D eigenvalue weighted by Crippen LogP contribution is 2.35. The normalized spacial score (nSPS) is 23.0. The maximum Gasteiger partial charge on any atom is 0.145 e. The summed E-state index contributed by atoms with van der Waals surface area (Å²) in [5.41, 5.74) is 6.35. The molecule has 120 valence electrons. The maximum atomic E-state index is 6.35. The first-order valence-electron chi connectivity index (χ1n) is 7.89. The second-order valence-electron chi connectivity index (χ2n) is 6.36. The van der Waals surface area contributed by atoms with E-state index < -0.39 is 0 Å². The first kappa shape index (κ1) is 17.4. The molecule has 1 aliphatic carbocycles. The van der Waals surface area contributed by atoms with Gasteiger partial charge >= 0.3 is 0 Å². The van der Waals surface area contributed by atoms with E-state index in [2.05, 4.69) is 42.6 Å². The average molecular weight is 365 g/mol. The Kier molecular flexibility index (Phi) is 6.81. The Bertz CT molecular complexity index is 510. The van der Waals surface area contributed by atoms with Gasteiger partial charge in [-0.1, -0.05) is 5.92 Å². The molecule has 4 nitrogen and oxygen atoms in total. The molecule has 1 saturated carbocycles. The van der Waals surface area contributed by atoms with Gasteiger partial charge in [-0.3, -0.25) is 4.90 Å². The highest BCUT2D eigenvalue weighted by Gasteiger charge is 2.27. The van der Waals surface area contributed by atoms with Crippen molar-refractivity contribution < 1.29 is 0 Å². The lowest BCUT2D eigenvalue weighted by atomic mass is 9.77.